The Labute approximate surface area is 436 Å². The molecule has 1 N–H and O–H groups in total. The van der Waals surface area contributed by atoms with E-state index in [1.54, 1.807) is 0 Å². The van der Waals surface area contributed by atoms with Gasteiger partial charge in [0.2, 0.25) is 0 Å². The van der Waals surface area contributed by atoms with Gasteiger partial charge in [0.15, 0.2) is 0 Å². The number of rotatable bonds is 50. The van der Waals surface area contributed by atoms with Gasteiger partial charge in [0, 0.05) is 13.0 Å². The molecule has 0 fully saturated rings. The molecule has 9 heteroatoms. The normalized spacial score (nSPS) is 14.5. The molecule has 0 saturated carbocycles. The molecule has 0 aliphatic heterocycles. The van der Waals surface area contributed by atoms with Crippen molar-refractivity contribution in [2.75, 3.05) is 54.1 Å². The van der Waals surface area contributed by atoms with Crippen molar-refractivity contribution in [2.45, 2.75) is 200 Å². The minimum absolute atomic E-state index is 0.0699. The average molecular weight is 1010 g/mol. The maximum atomic E-state index is 12.8. The van der Waals surface area contributed by atoms with Gasteiger partial charge >= 0.3 is 13.8 Å². The lowest BCUT2D eigenvalue weighted by Gasteiger charge is -2.24. The van der Waals surface area contributed by atoms with E-state index in [0.29, 0.717) is 24.1 Å². The van der Waals surface area contributed by atoms with Crippen LogP contribution in [0.25, 0.3) is 0 Å². The minimum Gasteiger partial charge on any atom is -0.457 e. The van der Waals surface area contributed by atoms with E-state index in [1.165, 1.54) is 77.0 Å². The van der Waals surface area contributed by atoms with Crippen LogP contribution >= 0.6 is 7.82 Å². The second kappa shape index (κ2) is 52.9. The van der Waals surface area contributed by atoms with Crippen LogP contribution in [0.3, 0.4) is 0 Å². The third-order valence-electron chi connectivity index (χ3n) is 11.2. The summed E-state index contributed by atoms with van der Waals surface area (Å²) >= 11 is 0. The van der Waals surface area contributed by atoms with Crippen LogP contribution in [0.15, 0.2) is 134 Å². The van der Waals surface area contributed by atoms with E-state index in [9.17, 15) is 14.3 Å². The number of ether oxygens (including phenoxy) is 2. The summed E-state index contributed by atoms with van der Waals surface area (Å²) in [5, 5.41) is 0. The van der Waals surface area contributed by atoms with Gasteiger partial charge < -0.3 is 18.9 Å². The zero-order valence-electron chi connectivity index (χ0n) is 45.9. The highest BCUT2D eigenvalue weighted by atomic mass is 31.2. The van der Waals surface area contributed by atoms with Crippen molar-refractivity contribution >= 4 is 13.8 Å². The molecule has 2 unspecified atom stereocenters. The number of likely N-dealkylation sites (N-methyl/N-ethyl adjacent to an activating group) is 1. The summed E-state index contributed by atoms with van der Waals surface area (Å²) in [4.78, 5) is 23.0. The largest absolute Gasteiger partial charge is 0.472 e. The van der Waals surface area contributed by atoms with Crippen molar-refractivity contribution in [3.63, 3.8) is 0 Å². The van der Waals surface area contributed by atoms with Crippen LogP contribution in [-0.2, 0) is 27.9 Å². The molecule has 0 heterocycles. The van der Waals surface area contributed by atoms with Crippen LogP contribution in [0.4, 0.5) is 0 Å². The standard InChI is InChI=1S/C62H104NO7P/c1-6-8-10-12-14-16-18-20-22-24-26-28-30-31-32-34-36-38-40-42-44-46-48-50-52-54-57-67-59-61(60-69-71(65,66)68-58-56-63(3,4)5)70-62(64)55-53-51-49-47-45-43-41-39-37-35-33-29-27-25-23-21-19-17-15-13-11-9-7-2/h8-11,14-17,20-23,26-29,35,37,41,43,47,49,61H,6-7,12-13,18-19,24-25,30-34,36,38-40,42,44-46,48,50-60H2,1-5H3/p+1/b10-8-,11-9-,16-14-,17-15-,22-20-,23-21-,28-26-,29-27-,37-35-,43-41-,49-47-. The molecule has 2 atom stereocenters. The highest BCUT2D eigenvalue weighted by molar-refractivity contribution is 7.47. The summed E-state index contributed by atoms with van der Waals surface area (Å²) in [6.07, 6.45) is 78.1. The number of carbonyl (C=O) groups is 1. The Morgan fingerprint density at radius 3 is 1.15 bits per heavy atom. The fourth-order valence-electron chi connectivity index (χ4n) is 7.00. The number of esters is 1. The van der Waals surface area contributed by atoms with Crippen molar-refractivity contribution in [2.24, 2.45) is 0 Å². The quantitative estimate of drug-likeness (QED) is 0.0213. The van der Waals surface area contributed by atoms with E-state index in [-0.39, 0.29) is 32.2 Å². The predicted molar refractivity (Wildman–Crippen MR) is 306 cm³/mol. The maximum Gasteiger partial charge on any atom is 0.472 e. The van der Waals surface area contributed by atoms with Gasteiger partial charge in [-0.05, 0) is 103 Å². The van der Waals surface area contributed by atoms with Crippen LogP contribution in [0.2, 0.25) is 0 Å². The fourth-order valence-corrected chi connectivity index (χ4v) is 7.75. The molecule has 404 valence electrons. The summed E-state index contributed by atoms with van der Waals surface area (Å²) in [6, 6.07) is 0. The number of allylic oxidation sites excluding steroid dienone is 22. The molecule has 8 nitrogen and oxygen atoms in total. The number of phosphoric ester groups is 1. The van der Waals surface area contributed by atoms with Gasteiger partial charge in [0.05, 0.1) is 34.4 Å². The Bertz CT molecular complexity index is 1590. The molecule has 0 bridgehead atoms. The van der Waals surface area contributed by atoms with Crippen molar-refractivity contribution in [1.82, 2.24) is 0 Å². The molecular formula is C62H105NO7P+. The topological polar surface area (TPSA) is 91.3 Å². The highest BCUT2D eigenvalue weighted by Gasteiger charge is 2.26. The summed E-state index contributed by atoms with van der Waals surface area (Å²) < 4.78 is 35.2. The predicted octanol–water partition coefficient (Wildman–Crippen LogP) is 17.8. The molecular weight excluding hydrogens is 902 g/mol. The lowest BCUT2D eigenvalue weighted by molar-refractivity contribution is -0.870. The molecule has 0 aliphatic carbocycles. The number of hydrogen-bond acceptors (Lipinski definition) is 6. The van der Waals surface area contributed by atoms with Crippen LogP contribution in [0.5, 0.6) is 0 Å². The summed E-state index contributed by atoms with van der Waals surface area (Å²) in [6.45, 7) is 5.29. The van der Waals surface area contributed by atoms with Crippen LogP contribution in [0.1, 0.15) is 194 Å². The molecule has 0 aromatic heterocycles. The highest BCUT2D eigenvalue weighted by Crippen LogP contribution is 2.43. The average Bonchev–Trinajstić information content (AvgIpc) is 3.33. The number of quaternary nitrogens is 1. The Kier molecular flexibility index (Phi) is 50.4. The van der Waals surface area contributed by atoms with E-state index in [0.717, 1.165) is 89.9 Å². The van der Waals surface area contributed by atoms with E-state index < -0.39 is 13.9 Å². The number of unbranched alkanes of at least 4 members (excludes halogenated alkanes) is 14. The molecule has 0 aliphatic rings. The molecule has 0 spiro atoms. The lowest BCUT2D eigenvalue weighted by atomic mass is 10.0. The first kappa shape index (κ1) is 67.6. The van der Waals surface area contributed by atoms with E-state index in [4.69, 9.17) is 18.5 Å². The van der Waals surface area contributed by atoms with Gasteiger partial charge in [-0.15, -0.1) is 0 Å². The molecule has 0 saturated heterocycles. The molecule has 0 aromatic rings. The SMILES string of the molecule is CC/C=C\C/C=C\C/C=C\C/C=C\C/C=C\C/C=C\C/C=C\CCCC(=O)OC(COCCCCCCCCCCCCCCC/C=C\C/C=C\C/C=C\C/C=C\CC)COP(=O)(O)OCC[N+](C)(C)C. The van der Waals surface area contributed by atoms with Crippen LogP contribution in [0, 0.1) is 0 Å². The van der Waals surface area contributed by atoms with Crippen LogP contribution in [-0.4, -0.2) is 75.6 Å². The number of carbonyl (C=O) groups excluding carboxylic acids is 1. The Hall–Kier alpha value is -3.36. The summed E-state index contributed by atoms with van der Waals surface area (Å²) in [5.41, 5.74) is 0. The lowest BCUT2D eigenvalue weighted by Crippen LogP contribution is -2.37. The van der Waals surface area contributed by atoms with Gasteiger partial charge in [-0.2, -0.15) is 0 Å². The first-order valence-corrected chi connectivity index (χ1v) is 29.4. The van der Waals surface area contributed by atoms with Gasteiger partial charge in [-0.25, -0.2) is 4.57 Å². The fraction of sp³-hybridized carbons (Fsp3) is 0.629. The summed E-state index contributed by atoms with van der Waals surface area (Å²) in [7, 11) is 1.61. The van der Waals surface area contributed by atoms with Crippen molar-refractivity contribution in [3.05, 3.63) is 134 Å². The number of nitrogens with zero attached hydrogens (tertiary/aromatic N) is 1. The molecule has 0 radical (unpaired) electrons. The second-order valence-corrected chi connectivity index (χ2v) is 20.7. The smallest absolute Gasteiger partial charge is 0.457 e. The van der Waals surface area contributed by atoms with E-state index in [2.05, 4.69) is 148 Å². The molecule has 0 rings (SSSR count). The molecule has 0 amide bonds. The second-order valence-electron chi connectivity index (χ2n) is 19.2. The third kappa shape index (κ3) is 57.4. The van der Waals surface area contributed by atoms with Crippen molar-refractivity contribution in [1.29, 1.82) is 0 Å². The van der Waals surface area contributed by atoms with Crippen molar-refractivity contribution < 1.29 is 37.3 Å². The Morgan fingerprint density at radius 2 is 0.775 bits per heavy atom. The summed E-state index contributed by atoms with van der Waals surface area (Å²) in [5.74, 6) is -0.375. The zero-order valence-corrected chi connectivity index (χ0v) is 46.8. The van der Waals surface area contributed by atoms with Gasteiger partial charge in [-0.3, -0.25) is 13.8 Å². The van der Waals surface area contributed by atoms with Gasteiger partial charge in [0.25, 0.3) is 0 Å². The number of phosphoric acid groups is 1. The third-order valence-corrected chi connectivity index (χ3v) is 12.2. The monoisotopic (exact) mass is 1010 g/mol. The Morgan fingerprint density at radius 1 is 0.437 bits per heavy atom. The van der Waals surface area contributed by atoms with Gasteiger partial charge in [-0.1, -0.05) is 218 Å². The van der Waals surface area contributed by atoms with Gasteiger partial charge in [0.1, 0.15) is 19.3 Å². The maximum absolute atomic E-state index is 12.8. The van der Waals surface area contributed by atoms with E-state index >= 15 is 0 Å². The molecule has 0 aromatic carbocycles. The number of hydrogen-bond donors (Lipinski definition) is 1. The first-order chi connectivity index (χ1) is 34.6. The Balaban J connectivity index is 4.22. The minimum atomic E-state index is -4.31. The van der Waals surface area contributed by atoms with Crippen molar-refractivity contribution in [3.8, 4) is 0 Å². The first-order valence-electron chi connectivity index (χ1n) is 27.9. The van der Waals surface area contributed by atoms with E-state index in [1.807, 2.05) is 21.1 Å². The zero-order chi connectivity index (χ0) is 51.9. The molecule has 71 heavy (non-hydrogen) atoms. The van der Waals surface area contributed by atoms with Crippen LogP contribution < -0.4 is 0 Å².